The lowest BCUT2D eigenvalue weighted by molar-refractivity contribution is 0.239. The van der Waals surface area contributed by atoms with Gasteiger partial charge in [-0.2, -0.15) is 0 Å². The molecule has 1 aromatic rings. The van der Waals surface area contributed by atoms with Gasteiger partial charge in [0.05, 0.1) is 0 Å². The second kappa shape index (κ2) is 5.92. The zero-order valence-corrected chi connectivity index (χ0v) is 10.8. The smallest absolute Gasteiger partial charge is 0.121 e. The highest BCUT2D eigenvalue weighted by molar-refractivity contribution is 5.49. The van der Waals surface area contributed by atoms with E-state index in [2.05, 4.69) is 22.3 Å². The molecule has 1 heterocycles. The highest BCUT2D eigenvalue weighted by atomic mass is 16.5. The van der Waals surface area contributed by atoms with E-state index in [1.54, 1.807) is 0 Å². The number of rotatable bonds is 4. The van der Waals surface area contributed by atoms with E-state index in [4.69, 9.17) is 4.74 Å². The first-order chi connectivity index (χ1) is 8.25. The van der Waals surface area contributed by atoms with E-state index in [0.29, 0.717) is 6.04 Å². The van der Waals surface area contributed by atoms with Crippen LogP contribution >= 0.6 is 0 Å². The van der Waals surface area contributed by atoms with E-state index < -0.39 is 0 Å². The molecule has 1 fully saturated rings. The average Bonchev–Trinajstić information content (AvgIpc) is 2.38. The third-order valence-electron chi connectivity index (χ3n) is 3.20. The molecule has 0 aliphatic carbocycles. The number of benzene rings is 1. The van der Waals surface area contributed by atoms with Crippen molar-refractivity contribution < 1.29 is 4.74 Å². The number of hydrogen-bond donors (Lipinski definition) is 1. The van der Waals surface area contributed by atoms with E-state index >= 15 is 0 Å². The molecule has 94 valence electrons. The molecule has 0 spiro atoms. The van der Waals surface area contributed by atoms with Gasteiger partial charge in [0.1, 0.15) is 12.4 Å². The molecule has 0 saturated carbocycles. The maximum atomic E-state index is 5.85. The van der Waals surface area contributed by atoms with Crippen LogP contribution < -0.4 is 15.0 Å². The Morgan fingerprint density at radius 1 is 1.35 bits per heavy atom. The molecule has 0 amide bonds. The molecule has 3 nitrogen and oxygen atoms in total. The fraction of sp³-hybridized carbons (Fsp3) is 0.571. The molecule has 1 unspecified atom stereocenters. The summed E-state index contributed by atoms with van der Waals surface area (Å²) in [7, 11) is 4.09. The number of nitrogens with one attached hydrogen (secondary N) is 1. The first-order valence-corrected chi connectivity index (χ1v) is 6.39. The van der Waals surface area contributed by atoms with Crippen molar-refractivity contribution in [1.29, 1.82) is 0 Å². The first kappa shape index (κ1) is 12.2. The molecule has 1 aliphatic rings. The molecular formula is C14H22N2O. The Kier molecular flexibility index (Phi) is 4.26. The van der Waals surface area contributed by atoms with E-state index in [9.17, 15) is 0 Å². The summed E-state index contributed by atoms with van der Waals surface area (Å²) in [6.07, 6.45) is 3.85. The normalized spacial score (nSPS) is 20.0. The van der Waals surface area contributed by atoms with Crippen LogP contribution in [0.2, 0.25) is 0 Å². The predicted molar refractivity (Wildman–Crippen MR) is 71.9 cm³/mol. The molecule has 17 heavy (non-hydrogen) atoms. The third-order valence-corrected chi connectivity index (χ3v) is 3.20. The Balaban J connectivity index is 1.87. The molecule has 1 aromatic carbocycles. The molecule has 3 heteroatoms. The van der Waals surface area contributed by atoms with Crippen LogP contribution in [-0.4, -0.2) is 33.3 Å². The van der Waals surface area contributed by atoms with Gasteiger partial charge in [0, 0.05) is 31.9 Å². The average molecular weight is 234 g/mol. The summed E-state index contributed by atoms with van der Waals surface area (Å²) in [6.45, 7) is 1.91. The second-order valence-corrected chi connectivity index (χ2v) is 4.85. The Labute approximate surface area is 104 Å². The summed E-state index contributed by atoms with van der Waals surface area (Å²) in [5.74, 6) is 0.962. The minimum absolute atomic E-state index is 0.520. The fourth-order valence-electron chi connectivity index (χ4n) is 2.11. The van der Waals surface area contributed by atoms with Crippen molar-refractivity contribution >= 4 is 5.69 Å². The van der Waals surface area contributed by atoms with E-state index in [1.165, 1.54) is 24.9 Å². The molecule has 0 bridgehead atoms. The topological polar surface area (TPSA) is 24.5 Å². The van der Waals surface area contributed by atoms with Crippen molar-refractivity contribution in [2.24, 2.45) is 0 Å². The monoisotopic (exact) mass is 234 g/mol. The molecule has 0 radical (unpaired) electrons. The van der Waals surface area contributed by atoms with Crippen molar-refractivity contribution in [2.75, 3.05) is 32.1 Å². The lowest BCUT2D eigenvalue weighted by Crippen LogP contribution is -2.38. The summed E-state index contributed by atoms with van der Waals surface area (Å²) < 4.78 is 5.85. The maximum absolute atomic E-state index is 5.85. The number of piperidine rings is 1. The Morgan fingerprint density at radius 3 is 2.94 bits per heavy atom. The lowest BCUT2D eigenvalue weighted by atomic mass is 10.1. The highest BCUT2D eigenvalue weighted by Crippen LogP contribution is 2.20. The van der Waals surface area contributed by atoms with Gasteiger partial charge in [0.25, 0.3) is 0 Å². The quantitative estimate of drug-likeness (QED) is 0.865. The zero-order valence-electron chi connectivity index (χ0n) is 10.8. The van der Waals surface area contributed by atoms with E-state index in [-0.39, 0.29) is 0 Å². The molecule has 0 aromatic heterocycles. The van der Waals surface area contributed by atoms with Gasteiger partial charge in [-0.1, -0.05) is 12.5 Å². The van der Waals surface area contributed by atoms with Crippen molar-refractivity contribution in [3.05, 3.63) is 24.3 Å². The van der Waals surface area contributed by atoms with Gasteiger partial charge in [0.15, 0.2) is 0 Å². The van der Waals surface area contributed by atoms with Crippen molar-refractivity contribution in [3.8, 4) is 5.75 Å². The van der Waals surface area contributed by atoms with Crippen LogP contribution in [0.3, 0.4) is 0 Å². The fourth-order valence-corrected chi connectivity index (χ4v) is 2.11. The van der Waals surface area contributed by atoms with E-state index in [1.807, 2.05) is 26.2 Å². The second-order valence-electron chi connectivity index (χ2n) is 4.85. The van der Waals surface area contributed by atoms with Crippen molar-refractivity contribution in [3.63, 3.8) is 0 Å². The number of hydrogen-bond acceptors (Lipinski definition) is 3. The standard InChI is InChI=1S/C14H22N2O/c1-16(2)13-7-5-8-14(10-13)17-11-12-6-3-4-9-15-12/h5,7-8,10,12,15H,3-4,6,9,11H2,1-2H3. The van der Waals surface area contributed by atoms with Crippen LogP contribution in [-0.2, 0) is 0 Å². The van der Waals surface area contributed by atoms with Crippen molar-refractivity contribution in [2.45, 2.75) is 25.3 Å². The van der Waals surface area contributed by atoms with Crippen LogP contribution in [0.5, 0.6) is 5.75 Å². The van der Waals surface area contributed by atoms with Gasteiger partial charge >= 0.3 is 0 Å². The molecule has 2 rings (SSSR count). The SMILES string of the molecule is CN(C)c1cccc(OCC2CCCCN2)c1. The van der Waals surface area contributed by atoms with Crippen LogP contribution in [0, 0.1) is 0 Å². The minimum Gasteiger partial charge on any atom is -0.492 e. The number of nitrogens with zero attached hydrogens (tertiary/aromatic N) is 1. The Morgan fingerprint density at radius 2 is 2.24 bits per heavy atom. The Bertz CT molecular complexity index is 346. The molecule has 1 N–H and O–H groups in total. The molecule has 1 atom stereocenters. The summed E-state index contributed by atoms with van der Waals surface area (Å²) >= 11 is 0. The van der Waals surface area contributed by atoms with Gasteiger partial charge in [-0.15, -0.1) is 0 Å². The van der Waals surface area contributed by atoms with Gasteiger partial charge in [-0.3, -0.25) is 0 Å². The molecule has 1 saturated heterocycles. The van der Waals surface area contributed by atoms with Crippen LogP contribution in [0.4, 0.5) is 5.69 Å². The molecule has 1 aliphatic heterocycles. The van der Waals surface area contributed by atoms with Gasteiger partial charge in [0.2, 0.25) is 0 Å². The van der Waals surface area contributed by atoms with Crippen LogP contribution in [0.1, 0.15) is 19.3 Å². The van der Waals surface area contributed by atoms with Gasteiger partial charge < -0.3 is 15.0 Å². The van der Waals surface area contributed by atoms with Gasteiger partial charge in [-0.05, 0) is 31.5 Å². The number of ether oxygens (including phenoxy) is 1. The predicted octanol–water partition coefficient (Wildman–Crippen LogP) is 2.27. The van der Waals surface area contributed by atoms with Crippen LogP contribution in [0.25, 0.3) is 0 Å². The minimum atomic E-state index is 0.520. The third kappa shape index (κ3) is 3.63. The zero-order chi connectivity index (χ0) is 12.1. The lowest BCUT2D eigenvalue weighted by Gasteiger charge is -2.23. The molecular weight excluding hydrogens is 212 g/mol. The number of anilines is 1. The van der Waals surface area contributed by atoms with Crippen LogP contribution in [0.15, 0.2) is 24.3 Å². The van der Waals surface area contributed by atoms with Gasteiger partial charge in [-0.25, -0.2) is 0 Å². The summed E-state index contributed by atoms with van der Waals surface area (Å²) in [5.41, 5.74) is 1.18. The summed E-state index contributed by atoms with van der Waals surface area (Å²) in [5, 5.41) is 3.49. The maximum Gasteiger partial charge on any atom is 0.121 e. The summed E-state index contributed by atoms with van der Waals surface area (Å²) in [6, 6.07) is 8.76. The highest BCUT2D eigenvalue weighted by Gasteiger charge is 2.12. The van der Waals surface area contributed by atoms with E-state index in [0.717, 1.165) is 18.9 Å². The Hall–Kier alpha value is -1.22. The first-order valence-electron chi connectivity index (χ1n) is 6.39. The summed E-state index contributed by atoms with van der Waals surface area (Å²) in [4.78, 5) is 2.09. The van der Waals surface area contributed by atoms with Crippen molar-refractivity contribution in [1.82, 2.24) is 5.32 Å². The largest absolute Gasteiger partial charge is 0.492 e.